The number of rotatable bonds is 1. The van der Waals surface area contributed by atoms with Crippen LogP contribution in [0.3, 0.4) is 0 Å². The molecule has 15 heavy (non-hydrogen) atoms. The summed E-state index contributed by atoms with van der Waals surface area (Å²) < 4.78 is 1.13. The molecule has 0 amide bonds. The van der Waals surface area contributed by atoms with Crippen molar-refractivity contribution in [1.82, 2.24) is 0 Å². The van der Waals surface area contributed by atoms with Crippen LogP contribution in [0.5, 0.6) is 0 Å². The Morgan fingerprint density at radius 2 is 2.20 bits per heavy atom. The van der Waals surface area contributed by atoms with Crippen molar-refractivity contribution in [3.8, 4) is 0 Å². The molecule has 1 heterocycles. The van der Waals surface area contributed by atoms with E-state index in [1.54, 1.807) is 0 Å². The summed E-state index contributed by atoms with van der Waals surface area (Å²) in [5.41, 5.74) is 2.52. The molecule has 0 spiro atoms. The minimum Gasteiger partial charge on any atom is -0.379 e. The Hall–Kier alpha value is -0.700. The normalized spacial score (nSPS) is 20.1. The summed E-state index contributed by atoms with van der Waals surface area (Å²) in [5.74, 6) is 0.652. The molecule has 0 saturated carbocycles. The lowest BCUT2D eigenvalue weighted by Gasteiger charge is -2.36. The number of halogens is 1. The van der Waals surface area contributed by atoms with Gasteiger partial charge in [0.05, 0.1) is 11.4 Å². The van der Waals surface area contributed by atoms with Crippen LogP contribution in [-0.4, -0.2) is 19.6 Å². The lowest BCUT2D eigenvalue weighted by Crippen LogP contribution is -2.42. The second-order valence-corrected chi connectivity index (χ2v) is 5.45. The predicted octanol–water partition coefficient (Wildman–Crippen LogP) is 3.34. The van der Waals surface area contributed by atoms with Crippen molar-refractivity contribution in [2.24, 2.45) is 5.92 Å². The van der Waals surface area contributed by atoms with E-state index in [-0.39, 0.29) is 0 Å². The van der Waals surface area contributed by atoms with E-state index < -0.39 is 0 Å². The van der Waals surface area contributed by atoms with E-state index in [4.69, 9.17) is 0 Å². The van der Waals surface area contributed by atoms with E-state index in [0.717, 1.165) is 11.0 Å². The third-order valence-electron chi connectivity index (χ3n) is 2.99. The van der Waals surface area contributed by atoms with Crippen molar-refractivity contribution in [2.75, 3.05) is 23.8 Å². The maximum absolute atomic E-state index is 3.60. The fourth-order valence-electron chi connectivity index (χ4n) is 1.97. The fraction of sp³-hybridized carbons (Fsp3) is 0.500. The topological polar surface area (TPSA) is 15.3 Å². The third kappa shape index (κ3) is 2.12. The summed E-state index contributed by atoms with van der Waals surface area (Å²) in [5, 5.41) is 3.60. The summed E-state index contributed by atoms with van der Waals surface area (Å²) >= 11 is 3.51. The van der Waals surface area contributed by atoms with Gasteiger partial charge in [0.1, 0.15) is 0 Å². The van der Waals surface area contributed by atoms with Gasteiger partial charge in [0, 0.05) is 24.1 Å². The van der Waals surface area contributed by atoms with Gasteiger partial charge in [0.25, 0.3) is 0 Å². The molecule has 3 heteroatoms. The van der Waals surface area contributed by atoms with Gasteiger partial charge in [-0.05, 0) is 24.1 Å². The summed E-state index contributed by atoms with van der Waals surface area (Å²) in [4.78, 5) is 2.32. The van der Waals surface area contributed by atoms with Gasteiger partial charge in [0.15, 0.2) is 0 Å². The number of anilines is 2. The highest BCUT2D eigenvalue weighted by molar-refractivity contribution is 9.10. The van der Waals surface area contributed by atoms with Crippen molar-refractivity contribution in [1.29, 1.82) is 0 Å². The van der Waals surface area contributed by atoms with Crippen LogP contribution in [0.25, 0.3) is 0 Å². The van der Waals surface area contributed by atoms with Crippen molar-refractivity contribution >= 4 is 27.3 Å². The Balaban J connectivity index is 2.33. The molecule has 0 saturated heterocycles. The van der Waals surface area contributed by atoms with E-state index >= 15 is 0 Å². The molecule has 0 aliphatic carbocycles. The zero-order valence-corrected chi connectivity index (χ0v) is 11.0. The largest absolute Gasteiger partial charge is 0.379 e. The highest BCUT2D eigenvalue weighted by Crippen LogP contribution is 2.33. The van der Waals surface area contributed by atoms with Gasteiger partial charge >= 0.3 is 0 Å². The third-order valence-corrected chi connectivity index (χ3v) is 3.48. The molecule has 1 N–H and O–H groups in total. The van der Waals surface area contributed by atoms with Crippen LogP contribution in [0.4, 0.5) is 11.4 Å². The summed E-state index contributed by atoms with van der Waals surface area (Å²) in [7, 11) is 2.16. The lowest BCUT2D eigenvalue weighted by atomic mass is 10.0. The van der Waals surface area contributed by atoms with Crippen LogP contribution in [0.2, 0.25) is 0 Å². The number of benzene rings is 1. The second kappa shape index (κ2) is 4.05. The van der Waals surface area contributed by atoms with Crippen LogP contribution in [0.15, 0.2) is 22.7 Å². The Morgan fingerprint density at radius 3 is 2.87 bits per heavy atom. The average Bonchev–Trinajstić information content (AvgIpc) is 2.16. The Kier molecular flexibility index (Phi) is 2.91. The molecular formula is C12H17BrN2. The quantitative estimate of drug-likeness (QED) is 0.841. The van der Waals surface area contributed by atoms with Crippen molar-refractivity contribution in [2.45, 2.75) is 19.9 Å². The standard InChI is InChI=1S/C12H17BrN2/c1-8(2)11-7-15(3)12-5-4-9(13)6-10(12)14-11/h4-6,8,11,14H,7H2,1-3H3. The molecule has 1 unspecified atom stereocenters. The molecule has 0 radical (unpaired) electrons. The van der Waals surface area contributed by atoms with Gasteiger partial charge in [-0.1, -0.05) is 29.8 Å². The van der Waals surface area contributed by atoms with E-state index in [2.05, 4.69) is 65.2 Å². The van der Waals surface area contributed by atoms with Gasteiger partial charge in [0.2, 0.25) is 0 Å². The monoisotopic (exact) mass is 268 g/mol. The van der Waals surface area contributed by atoms with E-state index in [1.807, 2.05) is 0 Å². The number of hydrogen-bond donors (Lipinski definition) is 1. The molecular weight excluding hydrogens is 252 g/mol. The molecule has 1 atom stereocenters. The summed E-state index contributed by atoms with van der Waals surface area (Å²) in [6, 6.07) is 6.94. The Labute approximate surface area is 99.8 Å². The molecule has 1 aliphatic rings. The molecule has 0 aromatic heterocycles. The first-order valence-electron chi connectivity index (χ1n) is 5.35. The van der Waals surface area contributed by atoms with Crippen LogP contribution < -0.4 is 10.2 Å². The summed E-state index contributed by atoms with van der Waals surface area (Å²) in [6.45, 7) is 5.59. The van der Waals surface area contributed by atoms with Crippen molar-refractivity contribution < 1.29 is 0 Å². The Bertz CT molecular complexity index is 363. The SMILES string of the molecule is CC(C)C1CN(C)c2ccc(Br)cc2N1. The maximum Gasteiger partial charge on any atom is 0.0601 e. The minimum atomic E-state index is 0.539. The van der Waals surface area contributed by atoms with Gasteiger partial charge in [-0.3, -0.25) is 0 Å². The van der Waals surface area contributed by atoms with Gasteiger partial charge in [-0.25, -0.2) is 0 Å². The van der Waals surface area contributed by atoms with E-state index in [1.165, 1.54) is 11.4 Å². The number of likely N-dealkylation sites (N-methyl/N-ethyl adjacent to an activating group) is 1. The van der Waals surface area contributed by atoms with Crippen LogP contribution in [-0.2, 0) is 0 Å². The molecule has 82 valence electrons. The maximum atomic E-state index is 3.60. The molecule has 0 fully saturated rings. The molecule has 0 bridgehead atoms. The predicted molar refractivity (Wildman–Crippen MR) is 69.7 cm³/mol. The molecule has 1 aromatic rings. The molecule has 2 nitrogen and oxygen atoms in total. The number of fused-ring (bicyclic) bond motifs is 1. The van der Waals surface area contributed by atoms with Gasteiger partial charge < -0.3 is 10.2 Å². The van der Waals surface area contributed by atoms with Crippen LogP contribution in [0.1, 0.15) is 13.8 Å². The van der Waals surface area contributed by atoms with Crippen molar-refractivity contribution in [3.05, 3.63) is 22.7 Å². The van der Waals surface area contributed by atoms with Crippen molar-refractivity contribution in [3.63, 3.8) is 0 Å². The first kappa shape index (κ1) is 10.8. The molecule has 1 aliphatic heterocycles. The van der Waals surface area contributed by atoms with Gasteiger partial charge in [-0.2, -0.15) is 0 Å². The number of hydrogen-bond acceptors (Lipinski definition) is 2. The van der Waals surface area contributed by atoms with Crippen LogP contribution >= 0.6 is 15.9 Å². The number of nitrogens with zero attached hydrogens (tertiary/aromatic N) is 1. The number of nitrogens with one attached hydrogen (secondary N) is 1. The van der Waals surface area contributed by atoms with E-state index in [9.17, 15) is 0 Å². The average molecular weight is 269 g/mol. The fourth-order valence-corrected chi connectivity index (χ4v) is 2.33. The first-order chi connectivity index (χ1) is 7.08. The molecule has 1 aromatic carbocycles. The summed E-state index contributed by atoms with van der Waals surface area (Å²) in [6.07, 6.45) is 0. The van der Waals surface area contributed by atoms with E-state index in [0.29, 0.717) is 12.0 Å². The van der Waals surface area contributed by atoms with Crippen LogP contribution in [0, 0.1) is 5.92 Å². The Morgan fingerprint density at radius 1 is 1.47 bits per heavy atom. The highest BCUT2D eigenvalue weighted by Gasteiger charge is 2.23. The molecule has 2 rings (SSSR count). The zero-order valence-electron chi connectivity index (χ0n) is 9.42. The first-order valence-corrected chi connectivity index (χ1v) is 6.14. The minimum absolute atomic E-state index is 0.539. The smallest absolute Gasteiger partial charge is 0.0601 e. The van der Waals surface area contributed by atoms with Gasteiger partial charge in [-0.15, -0.1) is 0 Å². The lowest BCUT2D eigenvalue weighted by molar-refractivity contribution is 0.514. The highest BCUT2D eigenvalue weighted by atomic mass is 79.9. The zero-order chi connectivity index (χ0) is 11.0. The second-order valence-electron chi connectivity index (χ2n) is 4.54.